The first-order valence-corrected chi connectivity index (χ1v) is 7.46. The molecule has 23 heavy (non-hydrogen) atoms. The minimum atomic E-state index is -0.384. The van der Waals surface area contributed by atoms with Crippen LogP contribution in [0.15, 0.2) is 48.5 Å². The van der Waals surface area contributed by atoms with Crippen molar-refractivity contribution in [1.82, 2.24) is 4.98 Å². The predicted octanol–water partition coefficient (Wildman–Crippen LogP) is 4.72. The van der Waals surface area contributed by atoms with Crippen LogP contribution in [0.4, 0.5) is 11.4 Å². The summed E-state index contributed by atoms with van der Waals surface area (Å²) in [5, 5.41) is 15.6. The number of hydrogen-bond donors (Lipinski definition) is 1. The SMILES string of the molecule is Cc1c(NCc2cc3ccccc3nc2Cl)cccc1[N+](=O)[O-]. The van der Waals surface area contributed by atoms with E-state index in [0.717, 1.165) is 16.5 Å². The van der Waals surface area contributed by atoms with Crippen molar-refractivity contribution >= 4 is 33.9 Å². The Kier molecular flexibility index (Phi) is 4.12. The van der Waals surface area contributed by atoms with Gasteiger partial charge in [-0.2, -0.15) is 0 Å². The van der Waals surface area contributed by atoms with Gasteiger partial charge in [0.1, 0.15) is 5.15 Å². The molecule has 0 fully saturated rings. The smallest absolute Gasteiger partial charge is 0.274 e. The molecule has 3 rings (SSSR count). The monoisotopic (exact) mass is 327 g/mol. The second-order valence-electron chi connectivity index (χ2n) is 5.19. The summed E-state index contributed by atoms with van der Waals surface area (Å²) in [7, 11) is 0. The van der Waals surface area contributed by atoms with Crippen LogP contribution in [0.2, 0.25) is 5.15 Å². The van der Waals surface area contributed by atoms with Crippen molar-refractivity contribution in [3.8, 4) is 0 Å². The second-order valence-corrected chi connectivity index (χ2v) is 5.55. The highest BCUT2D eigenvalue weighted by molar-refractivity contribution is 6.30. The third-order valence-corrected chi connectivity index (χ3v) is 4.05. The van der Waals surface area contributed by atoms with Crippen LogP contribution in [0.5, 0.6) is 0 Å². The molecule has 5 nitrogen and oxygen atoms in total. The molecule has 0 aliphatic heterocycles. The summed E-state index contributed by atoms with van der Waals surface area (Å²) in [6.07, 6.45) is 0. The lowest BCUT2D eigenvalue weighted by molar-refractivity contribution is -0.385. The average Bonchev–Trinajstić information content (AvgIpc) is 2.53. The van der Waals surface area contributed by atoms with Gasteiger partial charge >= 0.3 is 0 Å². The van der Waals surface area contributed by atoms with E-state index in [-0.39, 0.29) is 10.6 Å². The molecule has 0 saturated carbocycles. The normalized spacial score (nSPS) is 10.7. The molecule has 0 amide bonds. The van der Waals surface area contributed by atoms with Crippen molar-refractivity contribution in [2.24, 2.45) is 0 Å². The summed E-state index contributed by atoms with van der Waals surface area (Å²) in [5.74, 6) is 0. The Morgan fingerprint density at radius 2 is 2.00 bits per heavy atom. The fraction of sp³-hybridized carbons (Fsp3) is 0.118. The number of anilines is 1. The molecule has 2 aromatic carbocycles. The number of nitro benzene ring substituents is 1. The fourth-order valence-corrected chi connectivity index (χ4v) is 2.68. The van der Waals surface area contributed by atoms with Crippen molar-refractivity contribution in [3.63, 3.8) is 0 Å². The number of pyridine rings is 1. The zero-order valence-electron chi connectivity index (χ0n) is 12.4. The minimum Gasteiger partial charge on any atom is -0.380 e. The Morgan fingerprint density at radius 3 is 2.78 bits per heavy atom. The van der Waals surface area contributed by atoms with E-state index < -0.39 is 0 Å². The van der Waals surface area contributed by atoms with E-state index in [0.29, 0.717) is 22.9 Å². The van der Waals surface area contributed by atoms with Crippen molar-refractivity contribution in [1.29, 1.82) is 0 Å². The Balaban J connectivity index is 1.88. The first-order valence-electron chi connectivity index (χ1n) is 7.08. The number of para-hydroxylation sites is 1. The highest BCUT2D eigenvalue weighted by Crippen LogP contribution is 2.27. The quantitative estimate of drug-likeness (QED) is 0.428. The third kappa shape index (κ3) is 3.10. The molecule has 3 aromatic rings. The van der Waals surface area contributed by atoms with Gasteiger partial charge in [0.25, 0.3) is 5.69 Å². The molecule has 116 valence electrons. The lowest BCUT2D eigenvalue weighted by atomic mass is 10.1. The molecule has 0 atom stereocenters. The molecule has 0 aliphatic rings. The molecule has 1 aromatic heterocycles. The number of halogens is 1. The Morgan fingerprint density at radius 1 is 1.22 bits per heavy atom. The van der Waals surface area contributed by atoms with Crippen molar-refractivity contribution in [3.05, 3.63) is 74.9 Å². The first-order chi connectivity index (χ1) is 11.1. The van der Waals surface area contributed by atoms with Gasteiger partial charge in [0, 0.05) is 34.8 Å². The number of nitrogens with zero attached hydrogens (tertiary/aromatic N) is 2. The molecule has 0 unspecified atom stereocenters. The van der Waals surface area contributed by atoms with Crippen LogP contribution < -0.4 is 5.32 Å². The molecule has 1 heterocycles. The number of nitro groups is 1. The van der Waals surface area contributed by atoms with Crippen LogP contribution in [0.3, 0.4) is 0 Å². The minimum absolute atomic E-state index is 0.0951. The van der Waals surface area contributed by atoms with Crippen LogP contribution in [0.1, 0.15) is 11.1 Å². The first kappa shape index (κ1) is 15.2. The van der Waals surface area contributed by atoms with Gasteiger partial charge < -0.3 is 5.32 Å². The number of nitrogens with one attached hydrogen (secondary N) is 1. The highest BCUT2D eigenvalue weighted by Gasteiger charge is 2.13. The summed E-state index contributed by atoms with van der Waals surface area (Å²) >= 11 is 6.23. The van der Waals surface area contributed by atoms with Crippen LogP contribution in [0, 0.1) is 17.0 Å². The van der Waals surface area contributed by atoms with E-state index in [1.807, 2.05) is 36.4 Å². The molecule has 0 radical (unpaired) electrons. The Labute approximate surface area is 138 Å². The van der Waals surface area contributed by atoms with Gasteiger partial charge in [0.05, 0.1) is 10.4 Å². The van der Waals surface area contributed by atoms with Crippen LogP contribution in [0.25, 0.3) is 10.9 Å². The van der Waals surface area contributed by atoms with E-state index in [4.69, 9.17) is 11.6 Å². The van der Waals surface area contributed by atoms with Crippen molar-refractivity contribution < 1.29 is 4.92 Å². The van der Waals surface area contributed by atoms with E-state index >= 15 is 0 Å². The van der Waals surface area contributed by atoms with Gasteiger partial charge in [-0.15, -0.1) is 0 Å². The molecular formula is C17H14ClN3O2. The Hall–Kier alpha value is -2.66. The maximum Gasteiger partial charge on any atom is 0.274 e. The Bertz CT molecular complexity index is 896. The number of hydrogen-bond acceptors (Lipinski definition) is 4. The molecule has 0 aliphatic carbocycles. The summed E-state index contributed by atoms with van der Waals surface area (Å²) in [6.45, 7) is 2.17. The van der Waals surface area contributed by atoms with E-state index in [2.05, 4.69) is 10.3 Å². The summed E-state index contributed by atoms with van der Waals surface area (Å²) in [4.78, 5) is 15.0. The van der Waals surface area contributed by atoms with Gasteiger partial charge in [-0.25, -0.2) is 4.98 Å². The zero-order valence-corrected chi connectivity index (χ0v) is 13.2. The van der Waals surface area contributed by atoms with Gasteiger partial charge in [-0.3, -0.25) is 10.1 Å². The zero-order chi connectivity index (χ0) is 16.4. The number of fused-ring (bicyclic) bond motifs is 1. The topological polar surface area (TPSA) is 68.1 Å². The molecule has 0 bridgehead atoms. The lowest BCUT2D eigenvalue weighted by Gasteiger charge is -2.11. The molecule has 0 saturated heterocycles. The second kappa shape index (κ2) is 6.22. The van der Waals surface area contributed by atoms with E-state index in [1.54, 1.807) is 13.0 Å². The van der Waals surface area contributed by atoms with Gasteiger partial charge in [-0.05, 0) is 25.1 Å². The van der Waals surface area contributed by atoms with E-state index in [9.17, 15) is 10.1 Å². The lowest BCUT2D eigenvalue weighted by Crippen LogP contribution is -2.04. The van der Waals surface area contributed by atoms with Crippen LogP contribution >= 0.6 is 11.6 Å². The number of rotatable bonds is 4. The molecule has 0 spiro atoms. The van der Waals surface area contributed by atoms with Crippen molar-refractivity contribution in [2.45, 2.75) is 13.5 Å². The number of aromatic nitrogens is 1. The number of benzene rings is 2. The highest BCUT2D eigenvalue weighted by atomic mass is 35.5. The van der Waals surface area contributed by atoms with Crippen LogP contribution in [-0.2, 0) is 6.54 Å². The van der Waals surface area contributed by atoms with Crippen molar-refractivity contribution in [2.75, 3.05) is 5.32 Å². The largest absolute Gasteiger partial charge is 0.380 e. The maximum absolute atomic E-state index is 11.0. The molecule has 1 N–H and O–H groups in total. The third-order valence-electron chi connectivity index (χ3n) is 3.72. The predicted molar refractivity (Wildman–Crippen MR) is 91.9 cm³/mol. The van der Waals surface area contributed by atoms with E-state index in [1.165, 1.54) is 6.07 Å². The summed E-state index contributed by atoms with van der Waals surface area (Å²) in [6, 6.07) is 14.7. The molecular weight excluding hydrogens is 314 g/mol. The standard InChI is InChI=1S/C17H14ClN3O2/c1-11-14(7-4-8-16(11)21(22)23)19-10-13-9-12-5-2-3-6-15(12)20-17(13)18/h2-9,19H,10H2,1H3. The average molecular weight is 328 g/mol. The van der Waals surface area contributed by atoms with Crippen LogP contribution in [-0.4, -0.2) is 9.91 Å². The summed E-state index contributed by atoms with van der Waals surface area (Å²) < 4.78 is 0. The summed E-state index contributed by atoms with van der Waals surface area (Å²) in [5.41, 5.74) is 3.09. The van der Waals surface area contributed by atoms with Gasteiger partial charge in [-0.1, -0.05) is 35.9 Å². The fourth-order valence-electron chi connectivity index (χ4n) is 2.46. The molecule has 6 heteroatoms. The van der Waals surface area contributed by atoms with Gasteiger partial charge in [0.15, 0.2) is 0 Å². The van der Waals surface area contributed by atoms with Gasteiger partial charge in [0.2, 0.25) is 0 Å². The maximum atomic E-state index is 11.0.